The summed E-state index contributed by atoms with van der Waals surface area (Å²) in [5, 5.41) is 0. The highest BCUT2D eigenvalue weighted by Crippen LogP contribution is 2.27. The average Bonchev–Trinajstić information content (AvgIpc) is 2.60. The lowest BCUT2D eigenvalue weighted by Gasteiger charge is -2.10. The lowest BCUT2D eigenvalue weighted by atomic mass is 10.2. The van der Waals surface area contributed by atoms with Crippen LogP contribution in [0.25, 0.3) is 0 Å². The molecule has 0 fully saturated rings. The number of rotatable bonds is 7. The Hall–Kier alpha value is -2.82. The molecular formula is C18H18O5. The highest BCUT2D eigenvalue weighted by Gasteiger charge is 2.11. The molecule has 0 bridgehead atoms. The summed E-state index contributed by atoms with van der Waals surface area (Å²) in [6, 6.07) is 12.1. The van der Waals surface area contributed by atoms with Gasteiger partial charge in [0.25, 0.3) is 0 Å². The Kier molecular flexibility index (Phi) is 5.74. The van der Waals surface area contributed by atoms with Gasteiger partial charge in [-0.25, -0.2) is 4.79 Å². The van der Waals surface area contributed by atoms with Gasteiger partial charge >= 0.3 is 5.97 Å². The van der Waals surface area contributed by atoms with Crippen LogP contribution in [0.1, 0.15) is 22.8 Å². The number of methoxy groups -OCH3 is 1. The monoisotopic (exact) mass is 314 g/mol. The highest BCUT2D eigenvalue weighted by atomic mass is 16.6. The molecule has 0 aliphatic carbocycles. The number of benzene rings is 2. The van der Waals surface area contributed by atoms with Gasteiger partial charge in [-0.05, 0) is 42.3 Å². The van der Waals surface area contributed by atoms with E-state index < -0.39 is 5.97 Å². The quantitative estimate of drug-likeness (QED) is 0.446. The maximum atomic E-state index is 11.9. The second-order valence-electron chi connectivity index (χ2n) is 4.79. The molecule has 0 aromatic heterocycles. The van der Waals surface area contributed by atoms with Crippen molar-refractivity contribution < 1.29 is 23.8 Å². The average molecular weight is 314 g/mol. The summed E-state index contributed by atoms with van der Waals surface area (Å²) in [6.45, 7) is 1.85. The zero-order chi connectivity index (χ0) is 16.7. The third kappa shape index (κ3) is 4.57. The Morgan fingerprint density at radius 3 is 2.43 bits per heavy atom. The van der Waals surface area contributed by atoms with E-state index in [2.05, 4.69) is 6.92 Å². The van der Waals surface area contributed by atoms with Gasteiger partial charge in [0, 0.05) is 5.56 Å². The minimum atomic E-state index is -0.554. The molecule has 0 aliphatic rings. The van der Waals surface area contributed by atoms with Crippen molar-refractivity contribution in [2.75, 3.05) is 13.7 Å². The molecule has 0 radical (unpaired) electrons. The van der Waals surface area contributed by atoms with Crippen LogP contribution in [0.5, 0.6) is 17.2 Å². The summed E-state index contributed by atoms with van der Waals surface area (Å²) in [4.78, 5) is 22.6. The number of carbonyl (C=O) groups excluding carboxylic acids is 2. The third-order valence-electron chi connectivity index (χ3n) is 3.24. The van der Waals surface area contributed by atoms with E-state index in [1.165, 1.54) is 24.8 Å². The molecule has 5 heteroatoms. The first-order valence-electron chi connectivity index (χ1n) is 7.22. The topological polar surface area (TPSA) is 61.8 Å². The van der Waals surface area contributed by atoms with Gasteiger partial charge < -0.3 is 14.2 Å². The normalized spacial score (nSPS) is 10.0. The zero-order valence-electron chi connectivity index (χ0n) is 13.1. The van der Waals surface area contributed by atoms with Gasteiger partial charge in [-0.1, -0.05) is 19.1 Å². The van der Waals surface area contributed by atoms with E-state index in [1.54, 1.807) is 6.07 Å². The molecule has 0 amide bonds. The van der Waals surface area contributed by atoms with Crippen molar-refractivity contribution in [1.82, 2.24) is 0 Å². The van der Waals surface area contributed by atoms with Crippen molar-refractivity contribution in [3.05, 3.63) is 53.6 Å². The predicted molar refractivity (Wildman–Crippen MR) is 85.3 cm³/mol. The van der Waals surface area contributed by atoms with Gasteiger partial charge in [0.2, 0.25) is 0 Å². The smallest absolute Gasteiger partial charge is 0.349 e. The largest absolute Gasteiger partial charge is 0.493 e. The summed E-state index contributed by atoms with van der Waals surface area (Å²) >= 11 is 0. The van der Waals surface area contributed by atoms with Gasteiger partial charge in [-0.3, -0.25) is 4.79 Å². The Balaban J connectivity index is 1.95. The number of hydrogen-bond donors (Lipinski definition) is 0. The van der Waals surface area contributed by atoms with E-state index in [1.807, 2.05) is 24.3 Å². The molecule has 0 unspecified atom stereocenters. The third-order valence-corrected chi connectivity index (χ3v) is 3.24. The number of ether oxygens (including phenoxy) is 3. The van der Waals surface area contributed by atoms with Crippen molar-refractivity contribution in [1.29, 1.82) is 0 Å². The maximum absolute atomic E-state index is 11.9. The Morgan fingerprint density at radius 1 is 1.09 bits per heavy atom. The van der Waals surface area contributed by atoms with Crippen LogP contribution in [0.4, 0.5) is 0 Å². The Labute approximate surface area is 134 Å². The van der Waals surface area contributed by atoms with Crippen LogP contribution in [-0.2, 0) is 11.2 Å². The summed E-state index contributed by atoms with van der Waals surface area (Å²) in [7, 11) is 1.44. The predicted octanol–water partition coefficient (Wildman–Crippen LogP) is 3.05. The highest BCUT2D eigenvalue weighted by molar-refractivity contribution is 5.78. The Morgan fingerprint density at radius 2 is 1.83 bits per heavy atom. The maximum Gasteiger partial charge on any atom is 0.349 e. The molecule has 0 saturated heterocycles. The molecule has 0 saturated carbocycles. The van der Waals surface area contributed by atoms with Crippen LogP contribution >= 0.6 is 0 Å². The fourth-order valence-electron chi connectivity index (χ4n) is 1.96. The van der Waals surface area contributed by atoms with Gasteiger partial charge in [-0.2, -0.15) is 0 Å². The minimum Gasteiger partial charge on any atom is -0.493 e. The van der Waals surface area contributed by atoms with E-state index in [4.69, 9.17) is 14.2 Å². The van der Waals surface area contributed by atoms with E-state index in [9.17, 15) is 9.59 Å². The molecule has 2 rings (SSSR count). The van der Waals surface area contributed by atoms with Crippen LogP contribution in [-0.4, -0.2) is 26.0 Å². The first kappa shape index (κ1) is 16.5. The first-order valence-corrected chi connectivity index (χ1v) is 7.22. The van der Waals surface area contributed by atoms with Gasteiger partial charge in [0.1, 0.15) is 12.0 Å². The molecule has 2 aromatic rings. The number of carbonyl (C=O) groups is 2. The second-order valence-corrected chi connectivity index (χ2v) is 4.79. The lowest BCUT2D eigenvalue weighted by Crippen LogP contribution is -2.18. The molecule has 5 nitrogen and oxygen atoms in total. The molecule has 0 heterocycles. The zero-order valence-corrected chi connectivity index (χ0v) is 13.1. The summed E-state index contributed by atoms with van der Waals surface area (Å²) in [5.74, 6) is 0.604. The fourth-order valence-corrected chi connectivity index (χ4v) is 1.96. The second kappa shape index (κ2) is 7.98. The van der Waals surface area contributed by atoms with Crippen LogP contribution < -0.4 is 14.2 Å². The number of aldehydes is 1. The van der Waals surface area contributed by atoms with E-state index in [-0.39, 0.29) is 12.4 Å². The molecule has 0 aliphatic heterocycles. The number of hydrogen-bond acceptors (Lipinski definition) is 5. The minimum absolute atomic E-state index is 0.218. The van der Waals surface area contributed by atoms with E-state index in [0.717, 1.165) is 6.42 Å². The molecular weight excluding hydrogens is 296 g/mol. The molecule has 0 spiro atoms. The van der Waals surface area contributed by atoms with Crippen LogP contribution in [0.2, 0.25) is 0 Å². The van der Waals surface area contributed by atoms with E-state index in [0.29, 0.717) is 23.3 Å². The Bertz CT molecular complexity index is 676. The van der Waals surface area contributed by atoms with Crippen molar-refractivity contribution in [3.63, 3.8) is 0 Å². The SMILES string of the molecule is CCc1ccc(OCC(=O)Oc2ccc(C=O)cc2OC)cc1. The van der Waals surface area contributed by atoms with Crippen molar-refractivity contribution in [3.8, 4) is 17.2 Å². The standard InChI is InChI=1S/C18H18O5/c1-3-13-4-7-15(8-5-13)22-12-18(20)23-16-9-6-14(11-19)10-17(16)21-2/h4-11H,3,12H2,1-2H3. The fraction of sp³-hybridized carbons (Fsp3) is 0.222. The van der Waals surface area contributed by atoms with Gasteiger partial charge in [0.15, 0.2) is 18.1 Å². The summed E-state index contributed by atoms with van der Waals surface area (Å²) in [5.41, 5.74) is 1.63. The number of aryl methyl sites for hydroxylation is 1. The van der Waals surface area contributed by atoms with E-state index >= 15 is 0 Å². The molecule has 0 atom stereocenters. The molecule has 23 heavy (non-hydrogen) atoms. The van der Waals surface area contributed by atoms with Crippen LogP contribution in [0.3, 0.4) is 0 Å². The lowest BCUT2D eigenvalue weighted by molar-refractivity contribution is -0.136. The summed E-state index contributed by atoms with van der Waals surface area (Å²) in [6.07, 6.45) is 1.64. The van der Waals surface area contributed by atoms with Crippen LogP contribution in [0, 0.1) is 0 Å². The molecule has 2 aromatic carbocycles. The number of esters is 1. The summed E-state index contributed by atoms with van der Waals surface area (Å²) < 4.78 is 15.7. The van der Waals surface area contributed by atoms with Crippen molar-refractivity contribution in [2.45, 2.75) is 13.3 Å². The van der Waals surface area contributed by atoms with Gasteiger partial charge in [-0.15, -0.1) is 0 Å². The van der Waals surface area contributed by atoms with Gasteiger partial charge in [0.05, 0.1) is 7.11 Å². The first-order chi connectivity index (χ1) is 11.2. The van der Waals surface area contributed by atoms with Crippen molar-refractivity contribution in [2.24, 2.45) is 0 Å². The molecule has 0 N–H and O–H groups in total. The van der Waals surface area contributed by atoms with Crippen molar-refractivity contribution >= 4 is 12.3 Å². The molecule has 120 valence electrons. The van der Waals surface area contributed by atoms with Crippen LogP contribution in [0.15, 0.2) is 42.5 Å².